The lowest BCUT2D eigenvalue weighted by molar-refractivity contribution is -0.384. The largest absolute Gasteiger partial charge is 0.394 e. The van der Waals surface area contributed by atoms with E-state index in [1.807, 2.05) is 44.2 Å². The van der Waals surface area contributed by atoms with Gasteiger partial charge < -0.3 is 15.7 Å². The Balaban J connectivity index is 2.03. The van der Waals surface area contributed by atoms with Crippen LogP contribution in [0.4, 0.5) is 27.5 Å². The molecule has 0 aliphatic rings. The molecule has 0 amide bonds. The number of aromatic nitrogens is 2. The molecule has 0 unspecified atom stereocenters. The van der Waals surface area contributed by atoms with Gasteiger partial charge in [0.2, 0.25) is 5.95 Å². The molecular formula is C21H22FN5O3. The Morgan fingerprint density at radius 1 is 1.13 bits per heavy atom. The number of nitro benzene ring substituents is 1. The minimum Gasteiger partial charge on any atom is -0.394 e. The first-order chi connectivity index (χ1) is 14.4. The van der Waals surface area contributed by atoms with Crippen molar-refractivity contribution in [1.82, 2.24) is 9.97 Å². The molecule has 1 atom stereocenters. The third-order valence-electron chi connectivity index (χ3n) is 4.53. The fourth-order valence-electron chi connectivity index (χ4n) is 2.82. The van der Waals surface area contributed by atoms with Crippen LogP contribution in [0, 0.1) is 21.8 Å². The lowest BCUT2D eigenvalue weighted by Crippen LogP contribution is -2.30. The molecule has 3 rings (SSSR count). The Bertz CT molecular complexity index is 1030. The maximum Gasteiger partial charge on any atom is 0.295 e. The summed E-state index contributed by atoms with van der Waals surface area (Å²) < 4.78 is 13.5. The van der Waals surface area contributed by atoms with Gasteiger partial charge in [0, 0.05) is 11.6 Å². The van der Waals surface area contributed by atoms with E-state index in [0.717, 1.165) is 17.7 Å². The van der Waals surface area contributed by atoms with E-state index < -0.39 is 16.4 Å². The normalized spacial score (nSPS) is 11.9. The second-order valence-corrected chi connectivity index (χ2v) is 7.05. The van der Waals surface area contributed by atoms with Crippen LogP contribution in [0.3, 0.4) is 0 Å². The summed E-state index contributed by atoms with van der Waals surface area (Å²) in [6, 6.07) is 14.0. The van der Waals surface area contributed by atoms with Crippen molar-refractivity contribution >= 4 is 23.1 Å². The summed E-state index contributed by atoms with van der Waals surface area (Å²) in [7, 11) is 0. The average Bonchev–Trinajstić information content (AvgIpc) is 2.73. The molecule has 0 saturated heterocycles. The molecule has 156 valence electrons. The zero-order valence-electron chi connectivity index (χ0n) is 16.5. The average molecular weight is 411 g/mol. The van der Waals surface area contributed by atoms with Crippen LogP contribution in [0.5, 0.6) is 0 Å². The van der Waals surface area contributed by atoms with Gasteiger partial charge in [-0.25, -0.2) is 9.37 Å². The number of hydrogen-bond acceptors (Lipinski definition) is 7. The molecule has 0 aliphatic carbocycles. The van der Waals surface area contributed by atoms with Crippen LogP contribution in [-0.2, 0) is 0 Å². The summed E-state index contributed by atoms with van der Waals surface area (Å²) in [5.74, 6) is -0.0311. The van der Waals surface area contributed by atoms with Crippen molar-refractivity contribution in [3.05, 3.63) is 70.5 Å². The summed E-state index contributed by atoms with van der Waals surface area (Å²) in [6.07, 6.45) is 0. The maximum absolute atomic E-state index is 13.5. The number of rotatable bonds is 8. The lowest BCUT2D eigenvalue weighted by atomic mass is 10.1. The number of aliphatic hydroxyl groups excluding tert-OH is 1. The molecule has 2 aromatic carbocycles. The molecule has 3 aromatic rings. The van der Waals surface area contributed by atoms with Crippen molar-refractivity contribution in [1.29, 1.82) is 0 Å². The Kier molecular flexibility index (Phi) is 6.53. The molecule has 30 heavy (non-hydrogen) atoms. The van der Waals surface area contributed by atoms with Crippen LogP contribution in [0.2, 0.25) is 0 Å². The van der Waals surface area contributed by atoms with Gasteiger partial charge in [-0.15, -0.1) is 0 Å². The van der Waals surface area contributed by atoms with Gasteiger partial charge in [0.1, 0.15) is 17.3 Å². The molecule has 0 bridgehead atoms. The predicted octanol–water partition coefficient (Wildman–Crippen LogP) is 4.36. The highest BCUT2D eigenvalue weighted by Crippen LogP contribution is 2.30. The minimum absolute atomic E-state index is 0.104. The molecule has 0 spiro atoms. The van der Waals surface area contributed by atoms with Gasteiger partial charge in [-0.3, -0.25) is 10.1 Å². The monoisotopic (exact) mass is 411 g/mol. The summed E-state index contributed by atoms with van der Waals surface area (Å²) in [5.41, 5.74) is 1.11. The third kappa shape index (κ3) is 5.06. The quantitative estimate of drug-likeness (QED) is 0.373. The Labute approximate surface area is 173 Å². The fraction of sp³-hybridized carbons (Fsp3) is 0.238. The number of anilines is 3. The summed E-state index contributed by atoms with van der Waals surface area (Å²) in [6.45, 7) is 3.80. The highest BCUT2D eigenvalue weighted by atomic mass is 19.1. The number of aliphatic hydroxyl groups is 1. The highest BCUT2D eigenvalue weighted by molar-refractivity contribution is 5.71. The number of hydrogen-bond donors (Lipinski definition) is 3. The van der Waals surface area contributed by atoms with Crippen molar-refractivity contribution < 1.29 is 14.4 Å². The first-order valence-electron chi connectivity index (χ1n) is 9.40. The predicted molar refractivity (Wildman–Crippen MR) is 113 cm³/mol. The first kappa shape index (κ1) is 21.1. The van der Waals surface area contributed by atoms with Crippen molar-refractivity contribution in [3.63, 3.8) is 0 Å². The van der Waals surface area contributed by atoms with Gasteiger partial charge in [-0.2, -0.15) is 4.98 Å². The number of nitro groups is 1. The molecular weight excluding hydrogens is 389 g/mol. The van der Waals surface area contributed by atoms with Crippen molar-refractivity contribution in [2.24, 2.45) is 5.92 Å². The van der Waals surface area contributed by atoms with E-state index in [-0.39, 0.29) is 30.2 Å². The molecule has 8 nitrogen and oxygen atoms in total. The van der Waals surface area contributed by atoms with Crippen LogP contribution in [0.15, 0.2) is 54.6 Å². The number of halogens is 1. The van der Waals surface area contributed by atoms with Crippen molar-refractivity contribution in [2.45, 2.75) is 19.9 Å². The standard InChI is InChI=1S/C21H22FN5O3/c1-13(2)18(12-28)25-21-24-17(14-6-4-3-5-7-14)11-20(26-21)23-16-9-8-15(22)10-19(16)27(29)30/h3-11,13,18,28H,12H2,1-2H3,(H2,23,24,25,26)/t18-/m1/s1. The van der Waals surface area contributed by atoms with E-state index >= 15 is 0 Å². The SMILES string of the molecule is CC(C)[C@@H](CO)Nc1nc(Nc2ccc(F)cc2[N+](=O)[O-])cc(-c2ccccc2)n1. The van der Waals surface area contributed by atoms with Crippen LogP contribution in [0.1, 0.15) is 13.8 Å². The van der Waals surface area contributed by atoms with Gasteiger partial charge in [0.05, 0.1) is 29.3 Å². The van der Waals surface area contributed by atoms with Crippen LogP contribution in [0.25, 0.3) is 11.3 Å². The molecule has 0 radical (unpaired) electrons. The molecule has 9 heteroatoms. The van der Waals surface area contributed by atoms with Crippen LogP contribution in [-0.4, -0.2) is 32.6 Å². The van der Waals surface area contributed by atoms with Gasteiger partial charge in [-0.1, -0.05) is 44.2 Å². The van der Waals surface area contributed by atoms with E-state index in [2.05, 4.69) is 20.6 Å². The van der Waals surface area contributed by atoms with E-state index in [1.165, 1.54) is 6.07 Å². The van der Waals surface area contributed by atoms with E-state index in [4.69, 9.17) is 0 Å². The second-order valence-electron chi connectivity index (χ2n) is 7.05. The maximum atomic E-state index is 13.5. The Hall–Kier alpha value is -3.59. The molecule has 0 fully saturated rings. The Morgan fingerprint density at radius 3 is 2.50 bits per heavy atom. The summed E-state index contributed by atoms with van der Waals surface area (Å²) in [4.78, 5) is 19.5. The summed E-state index contributed by atoms with van der Waals surface area (Å²) >= 11 is 0. The number of nitrogens with zero attached hydrogens (tertiary/aromatic N) is 3. The third-order valence-corrected chi connectivity index (χ3v) is 4.53. The number of nitrogens with one attached hydrogen (secondary N) is 2. The van der Waals surface area contributed by atoms with Gasteiger partial charge >= 0.3 is 0 Å². The van der Waals surface area contributed by atoms with Crippen molar-refractivity contribution in [3.8, 4) is 11.3 Å². The fourth-order valence-corrected chi connectivity index (χ4v) is 2.82. The van der Waals surface area contributed by atoms with Gasteiger partial charge in [0.25, 0.3) is 5.69 Å². The Morgan fingerprint density at radius 2 is 1.87 bits per heavy atom. The van der Waals surface area contributed by atoms with Crippen LogP contribution >= 0.6 is 0 Å². The van der Waals surface area contributed by atoms with Crippen molar-refractivity contribution in [2.75, 3.05) is 17.2 Å². The lowest BCUT2D eigenvalue weighted by Gasteiger charge is -2.20. The molecule has 3 N–H and O–H groups in total. The topological polar surface area (TPSA) is 113 Å². The van der Waals surface area contributed by atoms with Gasteiger partial charge in [-0.05, 0) is 18.1 Å². The second kappa shape index (κ2) is 9.27. The molecule has 0 saturated carbocycles. The molecule has 1 heterocycles. The first-order valence-corrected chi connectivity index (χ1v) is 9.40. The van der Waals surface area contributed by atoms with E-state index in [9.17, 15) is 19.6 Å². The zero-order chi connectivity index (χ0) is 21.7. The number of benzene rings is 2. The zero-order valence-corrected chi connectivity index (χ0v) is 16.5. The van der Waals surface area contributed by atoms with E-state index in [0.29, 0.717) is 11.5 Å². The molecule has 0 aliphatic heterocycles. The smallest absolute Gasteiger partial charge is 0.295 e. The highest BCUT2D eigenvalue weighted by Gasteiger charge is 2.18. The van der Waals surface area contributed by atoms with E-state index in [1.54, 1.807) is 6.07 Å². The van der Waals surface area contributed by atoms with Gasteiger partial charge in [0.15, 0.2) is 0 Å². The molecule has 1 aromatic heterocycles. The summed E-state index contributed by atoms with van der Waals surface area (Å²) in [5, 5.41) is 26.9. The minimum atomic E-state index is -0.704. The van der Waals surface area contributed by atoms with Crippen LogP contribution < -0.4 is 10.6 Å².